The van der Waals surface area contributed by atoms with Crippen LogP contribution in [0.4, 0.5) is 13.2 Å². The largest absolute Gasteiger partial charge is 0.478 e. The molecule has 0 saturated carbocycles. The quantitative estimate of drug-likeness (QED) is 0.158. The fraction of sp³-hybridized carbons (Fsp3) is 0.261. The number of aromatic nitrogens is 2. The van der Waals surface area contributed by atoms with Crippen molar-refractivity contribution >= 4 is 50.6 Å². The number of ether oxygens (including phenoxy) is 2. The minimum Gasteiger partial charge on any atom is -0.478 e. The summed E-state index contributed by atoms with van der Waals surface area (Å²) >= 11 is 6.17. The van der Waals surface area contributed by atoms with E-state index in [-0.39, 0.29) is 45.5 Å². The van der Waals surface area contributed by atoms with Crippen LogP contribution in [-0.4, -0.2) is 54.3 Å². The van der Waals surface area contributed by atoms with E-state index in [1.54, 1.807) is 0 Å². The molecule has 1 N–H and O–H groups in total. The summed E-state index contributed by atoms with van der Waals surface area (Å²) in [5, 5.41) is 16.0. The number of carbonyl (C=O) groups is 1. The molecule has 196 valence electrons. The number of esters is 1. The van der Waals surface area contributed by atoms with E-state index in [0.29, 0.717) is 11.1 Å². The van der Waals surface area contributed by atoms with Crippen LogP contribution < -0.4 is 0 Å². The average molecular weight is 556 g/mol. The van der Waals surface area contributed by atoms with E-state index in [0.717, 1.165) is 25.4 Å². The van der Waals surface area contributed by atoms with Crippen LogP contribution in [-0.2, 0) is 24.8 Å². The van der Waals surface area contributed by atoms with Crippen molar-refractivity contribution in [3.8, 4) is 0 Å². The van der Waals surface area contributed by atoms with Gasteiger partial charge in [0.15, 0.2) is 5.84 Å². The van der Waals surface area contributed by atoms with Gasteiger partial charge in [0.2, 0.25) is 5.88 Å². The number of hydrogen-bond acceptors (Lipinski definition) is 8. The summed E-state index contributed by atoms with van der Waals surface area (Å²) < 4.78 is 55.4. The molecule has 14 heteroatoms. The normalized spacial score (nSPS) is 14.1. The Morgan fingerprint density at radius 3 is 2.78 bits per heavy atom. The van der Waals surface area contributed by atoms with E-state index < -0.39 is 35.6 Å². The summed E-state index contributed by atoms with van der Waals surface area (Å²) in [5.74, 6) is -2.41. The van der Waals surface area contributed by atoms with Gasteiger partial charge in [-0.05, 0) is 25.3 Å². The number of benzene rings is 1. The first-order valence-electron chi connectivity index (χ1n) is 10.7. The van der Waals surface area contributed by atoms with Gasteiger partial charge in [0.25, 0.3) is 0 Å². The first-order chi connectivity index (χ1) is 17.5. The summed E-state index contributed by atoms with van der Waals surface area (Å²) in [5.41, 5.74) is -5.78. The van der Waals surface area contributed by atoms with Crippen molar-refractivity contribution < 1.29 is 32.3 Å². The van der Waals surface area contributed by atoms with Crippen molar-refractivity contribution in [1.29, 1.82) is 5.41 Å². The zero-order valence-corrected chi connectivity index (χ0v) is 21.6. The number of halogens is 4. The zero-order valence-electron chi connectivity index (χ0n) is 19.7. The molecule has 0 bridgehead atoms. The Bertz CT molecular complexity index is 1310. The molecule has 1 aliphatic heterocycles. The molecule has 1 aliphatic rings. The maximum absolute atomic E-state index is 14.9. The van der Waals surface area contributed by atoms with Gasteiger partial charge >= 0.3 is 11.6 Å². The standard InChI is InChI=1S/C23H22ClF3N5O4P/c1-4-8-35-17(29-2)9-16(28)32-21(23(26,27)37)12(10-30-32)13-11-36-31-20(18(13)22(33)34-3)19-14(24)6-5-7-15(19)25/h5-7,9-10,28H,2,4,8,11,37H2,1,3H3/b17-9+,28-16?. The van der Waals surface area contributed by atoms with Crippen LogP contribution in [0.15, 0.2) is 52.1 Å². The maximum atomic E-state index is 14.9. The number of rotatable bonds is 9. The van der Waals surface area contributed by atoms with Crippen LogP contribution in [0.1, 0.15) is 30.2 Å². The summed E-state index contributed by atoms with van der Waals surface area (Å²) in [6, 6.07) is 3.80. The van der Waals surface area contributed by atoms with E-state index >= 15 is 0 Å². The van der Waals surface area contributed by atoms with E-state index in [1.165, 1.54) is 21.4 Å². The number of carbonyl (C=O) groups excluding carboxylic acids is 1. The van der Waals surface area contributed by atoms with Crippen molar-refractivity contribution in [3.63, 3.8) is 0 Å². The van der Waals surface area contributed by atoms with Crippen molar-refractivity contribution in [2.45, 2.75) is 19.0 Å². The number of aliphatic imine (C=N–C) groups is 1. The minimum absolute atomic E-state index is 0.0685. The highest BCUT2D eigenvalue weighted by molar-refractivity contribution is 7.17. The first-order valence-corrected chi connectivity index (χ1v) is 11.6. The predicted octanol–water partition coefficient (Wildman–Crippen LogP) is 4.76. The molecular formula is C23H22ClF3N5O4P. The van der Waals surface area contributed by atoms with Gasteiger partial charge in [-0.25, -0.2) is 18.9 Å². The molecule has 0 aliphatic carbocycles. The van der Waals surface area contributed by atoms with Crippen molar-refractivity contribution in [2.24, 2.45) is 10.1 Å². The molecule has 9 nitrogen and oxygen atoms in total. The second-order valence-electron chi connectivity index (χ2n) is 7.47. The highest BCUT2D eigenvalue weighted by Crippen LogP contribution is 2.41. The molecule has 3 rings (SSSR count). The van der Waals surface area contributed by atoms with Crippen LogP contribution in [0.3, 0.4) is 0 Å². The zero-order chi connectivity index (χ0) is 27.3. The van der Waals surface area contributed by atoms with Gasteiger partial charge in [-0.2, -0.15) is 13.9 Å². The van der Waals surface area contributed by atoms with E-state index in [2.05, 4.69) is 22.0 Å². The molecule has 1 atom stereocenters. The highest BCUT2D eigenvalue weighted by atomic mass is 35.5. The molecule has 37 heavy (non-hydrogen) atoms. The Labute approximate surface area is 217 Å². The number of nitrogens with one attached hydrogen (secondary N) is 1. The predicted molar refractivity (Wildman–Crippen MR) is 136 cm³/mol. The molecule has 0 spiro atoms. The van der Waals surface area contributed by atoms with Crippen LogP contribution >= 0.6 is 20.8 Å². The number of oxime groups is 1. The van der Waals surface area contributed by atoms with Gasteiger partial charge < -0.3 is 14.3 Å². The number of alkyl halides is 2. The second kappa shape index (κ2) is 11.7. The maximum Gasteiger partial charge on any atom is 0.340 e. The number of nitrogens with zero attached hydrogens (tertiary/aromatic N) is 4. The Morgan fingerprint density at radius 2 is 2.19 bits per heavy atom. The third-order valence-corrected chi connectivity index (χ3v) is 5.59. The molecule has 0 amide bonds. The molecule has 0 fully saturated rings. The monoisotopic (exact) mass is 555 g/mol. The second-order valence-corrected chi connectivity index (χ2v) is 8.60. The smallest absolute Gasteiger partial charge is 0.340 e. The van der Waals surface area contributed by atoms with Gasteiger partial charge in [0.05, 0.1) is 36.1 Å². The van der Waals surface area contributed by atoms with Crippen molar-refractivity contribution in [1.82, 2.24) is 9.78 Å². The molecule has 0 saturated heterocycles. The first kappa shape index (κ1) is 28.1. The Morgan fingerprint density at radius 1 is 1.46 bits per heavy atom. The van der Waals surface area contributed by atoms with Gasteiger partial charge in [0, 0.05) is 17.2 Å². The molecule has 1 unspecified atom stereocenters. The molecular weight excluding hydrogens is 534 g/mol. The summed E-state index contributed by atoms with van der Waals surface area (Å²) in [6.45, 7) is 5.01. The Hall–Kier alpha value is -3.50. The van der Waals surface area contributed by atoms with E-state index in [4.69, 9.17) is 31.3 Å². The molecule has 1 aromatic carbocycles. The van der Waals surface area contributed by atoms with Crippen LogP contribution in [0.25, 0.3) is 5.57 Å². The Balaban J connectivity index is 2.26. The van der Waals surface area contributed by atoms with Gasteiger partial charge in [-0.1, -0.05) is 39.0 Å². The fourth-order valence-electron chi connectivity index (χ4n) is 3.44. The fourth-order valence-corrected chi connectivity index (χ4v) is 3.97. The van der Waals surface area contributed by atoms with Crippen LogP contribution in [0.2, 0.25) is 5.02 Å². The number of methoxy groups -OCH3 is 1. The van der Waals surface area contributed by atoms with Gasteiger partial charge in [-0.15, -0.1) is 0 Å². The lowest BCUT2D eigenvalue weighted by molar-refractivity contribution is -0.135. The van der Waals surface area contributed by atoms with Crippen molar-refractivity contribution in [3.05, 3.63) is 69.6 Å². The third kappa shape index (κ3) is 5.91. The van der Waals surface area contributed by atoms with E-state index in [1.807, 2.05) is 6.92 Å². The lowest BCUT2D eigenvalue weighted by Gasteiger charge is -2.22. The molecule has 2 heterocycles. The number of allylic oxidation sites excluding steroid dienone is 1. The summed E-state index contributed by atoms with van der Waals surface area (Å²) in [6.07, 6.45) is 2.73. The summed E-state index contributed by atoms with van der Waals surface area (Å²) in [4.78, 5) is 21.7. The topological polar surface area (TPSA) is 111 Å². The lowest BCUT2D eigenvalue weighted by Crippen LogP contribution is -2.26. The highest BCUT2D eigenvalue weighted by Gasteiger charge is 2.39. The van der Waals surface area contributed by atoms with Crippen molar-refractivity contribution in [2.75, 3.05) is 20.3 Å². The molecule has 1 aromatic heterocycles. The summed E-state index contributed by atoms with van der Waals surface area (Å²) in [7, 11) is 2.43. The SMILES string of the molecule is C=N/C(=C\C(=N)n1ncc(C2=C(C(=O)OC)C(c3c(F)cccc3Cl)=NOC2)c1C(F)(F)P)OCCC. The van der Waals surface area contributed by atoms with Gasteiger partial charge in [-0.3, -0.25) is 5.41 Å². The van der Waals surface area contributed by atoms with Gasteiger partial charge in [0.1, 0.15) is 23.8 Å². The van der Waals surface area contributed by atoms with Crippen LogP contribution in [0.5, 0.6) is 0 Å². The third-order valence-electron chi connectivity index (χ3n) is 5.00. The minimum atomic E-state index is -3.64. The average Bonchev–Trinajstić information content (AvgIpc) is 3.32. The molecule has 0 radical (unpaired) electrons. The van der Waals surface area contributed by atoms with E-state index in [9.17, 15) is 18.0 Å². The van der Waals surface area contributed by atoms with Crippen LogP contribution in [0, 0.1) is 11.2 Å². The molecule has 2 aromatic rings. The lowest BCUT2D eigenvalue weighted by atomic mass is 9.92. The number of hydrogen-bond donors (Lipinski definition) is 1. The Kier molecular flexibility index (Phi) is 8.88.